The zero-order chi connectivity index (χ0) is 13.7. The van der Waals surface area contributed by atoms with Gasteiger partial charge in [-0.3, -0.25) is 0 Å². The van der Waals surface area contributed by atoms with E-state index < -0.39 is 5.82 Å². The van der Waals surface area contributed by atoms with E-state index in [0.29, 0.717) is 12.5 Å². The van der Waals surface area contributed by atoms with Crippen LogP contribution in [0, 0.1) is 5.82 Å². The lowest BCUT2D eigenvalue weighted by molar-refractivity contribution is 0.368. The number of methoxy groups -OCH3 is 1. The molecule has 1 N–H and O–H groups in total. The highest BCUT2D eigenvalue weighted by Gasteiger charge is 2.06. The van der Waals surface area contributed by atoms with Gasteiger partial charge in [-0.05, 0) is 0 Å². The molecule has 9 heteroatoms. The predicted molar refractivity (Wildman–Crippen MR) is 68.8 cm³/mol. The molecule has 2 aromatic heterocycles. The van der Waals surface area contributed by atoms with Crippen LogP contribution >= 0.6 is 11.8 Å². The lowest BCUT2D eigenvalue weighted by Crippen LogP contribution is -2.09. The summed E-state index contributed by atoms with van der Waals surface area (Å²) in [5.74, 6) is 0.437. The third-order valence-corrected chi connectivity index (χ3v) is 3.23. The second-order valence-electron chi connectivity index (χ2n) is 3.55. The molecule has 0 bridgehead atoms. The summed E-state index contributed by atoms with van der Waals surface area (Å²) in [4.78, 5) is 7.70. The van der Waals surface area contributed by atoms with Crippen LogP contribution in [0.25, 0.3) is 0 Å². The van der Waals surface area contributed by atoms with E-state index in [1.54, 1.807) is 18.1 Å². The van der Waals surface area contributed by atoms with Crippen LogP contribution in [0.2, 0.25) is 0 Å². The molecule has 0 unspecified atom stereocenters. The van der Waals surface area contributed by atoms with Gasteiger partial charge in [0, 0.05) is 19.3 Å². The van der Waals surface area contributed by atoms with Gasteiger partial charge in [0.25, 0.3) is 5.88 Å². The molecule has 2 rings (SSSR count). The van der Waals surface area contributed by atoms with Crippen molar-refractivity contribution in [2.24, 2.45) is 7.05 Å². The van der Waals surface area contributed by atoms with Crippen LogP contribution in [-0.2, 0) is 7.05 Å². The van der Waals surface area contributed by atoms with E-state index in [-0.39, 0.29) is 5.88 Å². The maximum atomic E-state index is 13.1. The number of halogens is 1. The molecule has 19 heavy (non-hydrogen) atoms. The smallest absolute Gasteiger partial charge is 0.255 e. The minimum absolute atomic E-state index is 0.0709. The molecular formula is C10H13FN6OS. The number of thioether (sulfide) groups is 1. The molecule has 0 saturated carbocycles. The van der Waals surface area contributed by atoms with Crippen molar-refractivity contribution >= 4 is 17.7 Å². The van der Waals surface area contributed by atoms with Gasteiger partial charge in [0.1, 0.15) is 6.33 Å². The topological polar surface area (TPSA) is 77.8 Å². The Balaban J connectivity index is 1.81. The van der Waals surface area contributed by atoms with Gasteiger partial charge in [0.15, 0.2) is 5.16 Å². The normalized spacial score (nSPS) is 10.5. The maximum absolute atomic E-state index is 13.1. The third-order valence-electron chi connectivity index (χ3n) is 2.19. The number of nitrogens with one attached hydrogen (secondary N) is 1. The fourth-order valence-corrected chi connectivity index (χ4v) is 2.03. The predicted octanol–water partition coefficient (Wildman–Crippen LogP) is 0.957. The minimum Gasteiger partial charge on any atom is -0.479 e. The van der Waals surface area contributed by atoms with E-state index >= 15 is 0 Å². The highest BCUT2D eigenvalue weighted by molar-refractivity contribution is 7.99. The molecule has 0 aliphatic heterocycles. The second kappa shape index (κ2) is 6.32. The summed E-state index contributed by atoms with van der Waals surface area (Å²) in [6.45, 7) is 0.617. The molecule has 0 aliphatic rings. The molecule has 0 aliphatic carbocycles. The quantitative estimate of drug-likeness (QED) is 0.625. The molecule has 0 saturated heterocycles. The molecule has 0 amide bonds. The molecule has 2 aromatic rings. The Morgan fingerprint density at radius 1 is 1.53 bits per heavy atom. The van der Waals surface area contributed by atoms with Crippen molar-refractivity contribution in [3.8, 4) is 5.88 Å². The number of aryl methyl sites for hydroxylation is 1. The summed E-state index contributed by atoms with van der Waals surface area (Å²) >= 11 is 1.55. The number of nitrogens with zero attached hydrogens (tertiary/aromatic N) is 5. The summed E-state index contributed by atoms with van der Waals surface area (Å²) < 4.78 is 19.7. The van der Waals surface area contributed by atoms with Gasteiger partial charge in [0.2, 0.25) is 11.8 Å². The highest BCUT2D eigenvalue weighted by atomic mass is 32.2. The van der Waals surface area contributed by atoms with Crippen LogP contribution in [0.4, 0.5) is 10.3 Å². The average molecular weight is 284 g/mol. The average Bonchev–Trinajstić information content (AvgIpc) is 2.82. The van der Waals surface area contributed by atoms with Gasteiger partial charge in [-0.2, -0.15) is 9.37 Å². The van der Waals surface area contributed by atoms with Crippen molar-refractivity contribution < 1.29 is 9.13 Å². The lowest BCUT2D eigenvalue weighted by Gasteiger charge is -2.06. The number of anilines is 1. The molecule has 0 radical (unpaired) electrons. The van der Waals surface area contributed by atoms with Crippen LogP contribution in [0.1, 0.15) is 0 Å². The fourth-order valence-electron chi connectivity index (χ4n) is 1.29. The van der Waals surface area contributed by atoms with E-state index in [9.17, 15) is 4.39 Å². The largest absolute Gasteiger partial charge is 0.479 e. The van der Waals surface area contributed by atoms with Crippen LogP contribution in [0.5, 0.6) is 5.88 Å². The first-order valence-electron chi connectivity index (χ1n) is 5.48. The van der Waals surface area contributed by atoms with Crippen LogP contribution < -0.4 is 10.1 Å². The van der Waals surface area contributed by atoms with E-state index in [1.165, 1.54) is 7.11 Å². The Labute approximate surface area is 113 Å². The number of rotatable bonds is 6. The SMILES string of the molecule is COc1nc(NCCSc2nncn2C)ncc1F. The molecule has 0 atom stereocenters. The Bertz CT molecular complexity index is 549. The summed E-state index contributed by atoms with van der Waals surface area (Å²) in [6.07, 6.45) is 2.72. The second-order valence-corrected chi connectivity index (χ2v) is 4.61. The van der Waals surface area contributed by atoms with Gasteiger partial charge in [-0.15, -0.1) is 10.2 Å². The standard InChI is InChI=1S/C10H13FN6OS/c1-17-6-14-16-10(17)19-4-3-12-9-13-5-7(11)8(15-9)18-2/h5-6H,3-4H2,1-2H3,(H,12,13,15). The zero-order valence-electron chi connectivity index (χ0n) is 10.5. The molecule has 0 spiro atoms. The van der Waals surface area contributed by atoms with Gasteiger partial charge in [-0.25, -0.2) is 4.98 Å². The number of hydrogen-bond donors (Lipinski definition) is 1. The van der Waals surface area contributed by atoms with Gasteiger partial charge in [-0.1, -0.05) is 11.8 Å². The Morgan fingerprint density at radius 3 is 3.05 bits per heavy atom. The van der Waals surface area contributed by atoms with Gasteiger partial charge in [0.05, 0.1) is 13.3 Å². The highest BCUT2D eigenvalue weighted by Crippen LogP contribution is 2.15. The van der Waals surface area contributed by atoms with Crippen molar-refractivity contribution in [1.82, 2.24) is 24.7 Å². The number of hydrogen-bond acceptors (Lipinski definition) is 7. The number of ether oxygens (including phenoxy) is 1. The monoisotopic (exact) mass is 284 g/mol. The van der Waals surface area contributed by atoms with Crippen LogP contribution in [0.3, 0.4) is 0 Å². The first-order valence-corrected chi connectivity index (χ1v) is 6.46. The summed E-state index contributed by atoms with van der Waals surface area (Å²) in [6, 6.07) is 0. The van der Waals surface area contributed by atoms with E-state index in [2.05, 4.69) is 25.5 Å². The zero-order valence-corrected chi connectivity index (χ0v) is 11.3. The Kier molecular flexibility index (Phi) is 4.50. The van der Waals surface area contributed by atoms with Crippen molar-refractivity contribution in [2.75, 3.05) is 24.7 Å². The van der Waals surface area contributed by atoms with E-state index in [1.807, 2.05) is 11.6 Å². The first-order chi connectivity index (χ1) is 9.20. The van der Waals surface area contributed by atoms with Crippen molar-refractivity contribution in [1.29, 1.82) is 0 Å². The molecule has 0 aromatic carbocycles. The van der Waals surface area contributed by atoms with Crippen molar-refractivity contribution in [2.45, 2.75) is 5.16 Å². The van der Waals surface area contributed by atoms with E-state index in [4.69, 9.17) is 4.74 Å². The lowest BCUT2D eigenvalue weighted by atomic mass is 10.6. The molecule has 102 valence electrons. The summed E-state index contributed by atoms with van der Waals surface area (Å²) in [7, 11) is 3.24. The first kappa shape index (κ1) is 13.5. The minimum atomic E-state index is -0.582. The molecule has 7 nitrogen and oxygen atoms in total. The number of aromatic nitrogens is 5. The molecular weight excluding hydrogens is 271 g/mol. The molecule has 0 fully saturated rings. The van der Waals surface area contributed by atoms with Crippen LogP contribution in [0.15, 0.2) is 17.7 Å². The van der Waals surface area contributed by atoms with Crippen molar-refractivity contribution in [3.05, 3.63) is 18.3 Å². The van der Waals surface area contributed by atoms with Crippen LogP contribution in [-0.4, -0.2) is 44.1 Å². The maximum Gasteiger partial charge on any atom is 0.255 e. The third kappa shape index (κ3) is 3.53. The van der Waals surface area contributed by atoms with Gasteiger partial charge >= 0.3 is 0 Å². The van der Waals surface area contributed by atoms with Crippen molar-refractivity contribution in [3.63, 3.8) is 0 Å². The fraction of sp³-hybridized carbons (Fsp3) is 0.400. The van der Waals surface area contributed by atoms with Gasteiger partial charge < -0.3 is 14.6 Å². The summed E-state index contributed by atoms with van der Waals surface area (Å²) in [5.41, 5.74) is 0. The summed E-state index contributed by atoms with van der Waals surface area (Å²) in [5, 5.41) is 11.5. The Morgan fingerprint density at radius 2 is 2.37 bits per heavy atom. The molecule has 2 heterocycles. The van der Waals surface area contributed by atoms with E-state index in [0.717, 1.165) is 17.1 Å². The Hall–Kier alpha value is -1.90.